The van der Waals surface area contributed by atoms with E-state index < -0.39 is 5.60 Å². The van der Waals surface area contributed by atoms with Crippen LogP contribution in [0.3, 0.4) is 0 Å². The van der Waals surface area contributed by atoms with Gasteiger partial charge in [0.1, 0.15) is 5.60 Å². The molecule has 0 bridgehead atoms. The number of hydrogen-bond donors (Lipinski definition) is 0. The largest absolute Gasteiger partial charge is 0.442 e. The molecule has 5 fully saturated rings. The van der Waals surface area contributed by atoms with Gasteiger partial charge in [0, 0.05) is 34.9 Å². The minimum Gasteiger partial charge on any atom is -0.442 e. The number of rotatable bonds is 4. The molecule has 0 heterocycles. The zero-order valence-corrected chi connectivity index (χ0v) is 24.5. The Hall–Kier alpha value is -1.91. The number of ether oxygens (including phenoxy) is 1. The van der Waals surface area contributed by atoms with E-state index in [2.05, 4.69) is 25.7 Å². The maximum Gasteiger partial charge on any atom is 0.410 e. The summed E-state index contributed by atoms with van der Waals surface area (Å²) in [6, 6.07) is 0.650. The van der Waals surface area contributed by atoms with Crippen LogP contribution in [0.1, 0.15) is 124 Å². The van der Waals surface area contributed by atoms with Gasteiger partial charge in [-0.25, -0.2) is 4.79 Å². The minimum absolute atomic E-state index is 0.0507. The Bertz CT molecular complexity index is 1050. The normalized spacial score (nSPS) is 40.9. The molecule has 5 heteroatoms. The summed E-state index contributed by atoms with van der Waals surface area (Å²) in [7, 11) is 0. The molecule has 39 heavy (non-hydrogen) atoms. The number of carbonyl (C=O) groups is 3. The van der Waals surface area contributed by atoms with Crippen molar-refractivity contribution >= 4 is 17.7 Å². The fourth-order valence-corrected chi connectivity index (χ4v) is 10.5. The molecule has 6 aliphatic carbocycles. The van der Waals surface area contributed by atoms with Gasteiger partial charge in [0.05, 0.1) is 0 Å². The third-order valence-electron chi connectivity index (χ3n) is 12.7. The number of allylic oxidation sites excluding steroid dienone is 4. The van der Waals surface area contributed by atoms with Crippen molar-refractivity contribution in [3.8, 4) is 0 Å². The van der Waals surface area contributed by atoms with Crippen LogP contribution >= 0.6 is 0 Å². The van der Waals surface area contributed by atoms with Gasteiger partial charge < -0.3 is 9.64 Å². The molecule has 5 nitrogen and oxygen atoms in total. The zero-order chi connectivity index (χ0) is 27.4. The third kappa shape index (κ3) is 4.27. The molecule has 1 amide bonds. The Morgan fingerprint density at radius 3 is 2.13 bits per heavy atom. The van der Waals surface area contributed by atoms with Crippen LogP contribution in [0, 0.1) is 28.6 Å². The summed E-state index contributed by atoms with van der Waals surface area (Å²) >= 11 is 0. The van der Waals surface area contributed by atoms with Gasteiger partial charge in [-0.1, -0.05) is 65.4 Å². The van der Waals surface area contributed by atoms with Gasteiger partial charge in [-0.15, -0.1) is 0 Å². The van der Waals surface area contributed by atoms with E-state index in [1.54, 1.807) is 12.2 Å². The molecule has 0 spiro atoms. The molecular weight excluding hydrogens is 486 g/mol. The van der Waals surface area contributed by atoms with Gasteiger partial charge in [-0.2, -0.15) is 0 Å². The van der Waals surface area contributed by atoms with E-state index in [1.807, 2.05) is 6.08 Å². The third-order valence-corrected chi connectivity index (χ3v) is 12.7. The van der Waals surface area contributed by atoms with Crippen molar-refractivity contribution in [1.82, 2.24) is 4.90 Å². The average molecular weight is 536 g/mol. The van der Waals surface area contributed by atoms with Crippen molar-refractivity contribution in [1.29, 1.82) is 0 Å². The quantitative estimate of drug-likeness (QED) is 0.370. The maximum atomic E-state index is 14.3. The summed E-state index contributed by atoms with van der Waals surface area (Å²) < 4.78 is 6.87. The summed E-state index contributed by atoms with van der Waals surface area (Å²) in [5.41, 5.74) is -0.237. The van der Waals surface area contributed by atoms with Crippen LogP contribution in [0.4, 0.5) is 4.79 Å². The molecule has 0 aromatic rings. The lowest BCUT2D eigenvalue weighted by Crippen LogP contribution is -2.58. The minimum atomic E-state index is -0.472. The van der Waals surface area contributed by atoms with Crippen LogP contribution in [-0.4, -0.2) is 40.2 Å². The number of nitrogens with zero attached hydrogens (tertiary/aromatic N) is 1. The van der Waals surface area contributed by atoms with Crippen molar-refractivity contribution in [3.05, 3.63) is 23.8 Å². The van der Waals surface area contributed by atoms with Crippen LogP contribution in [-0.2, 0) is 14.3 Å². The van der Waals surface area contributed by atoms with Crippen molar-refractivity contribution in [3.63, 3.8) is 0 Å². The molecule has 0 N–H and O–H groups in total. The summed E-state index contributed by atoms with van der Waals surface area (Å²) in [5.74, 6) is 1.07. The fourth-order valence-electron chi connectivity index (χ4n) is 10.5. The molecule has 0 aromatic heterocycles. The monoisotopic (exact) mass is 535 g/mol. The SMILES string of the molecule is CC[C@]1(OC(=O)N(C2CCCCC2)C2CCCCC2)CCC2C3CC(=O)C4=CC(=O)C=C[C@]4(C)C3CC[C@@]21C. The lowest BCUT2D eigenvalue weighted by atomic mass is 9.47. The highest BCUT2D eigenvalue weighted by Crippen LogP contribution is 2.68. The number of amides is 1. The first-order chi connectivity index (χ1) is 18.7. The predicted octanol–water partition coefficient (Wildman–Crippen LogP) is 7.73. The van der Waals surface area contributed by atoms with Crippen molar-refractivity contribution < 1.29 is 19.1 Å². The first-order valence-corrected chi connectivity index (χ1v) is 16.2. The summed E-state index contributed by atoms with van der Waals surface area (Å²) in [4.78, 5) is 42.1. The lowest BCUT2D eigenvalue weighted by Gasteiger charge is -2.58. The molecule has 6 aliphatic rings. The number of fused-ring (bicyclic) bond motifs is 5. The van der Waals surface area contributed by atoms with E-state index in [-0.39, 0.29) is 34.4 Å². The second kappa shape index (κ2) is 10.2. The molecule has 0 aromatic carbocycles. The van der Waals surface area contributed by atoms with Crippen molar-refractivity contribution in [2.24, 2.45) is 28.6 Å². The highest BCUT2D eigenvalue weighted by molar-refractivity contribution is 6.10. The van der Waals surface area contributed by atoms with E-state index in [1.165, 1.54) is 38.5 Å². The molecule has 214 valence electrons. The van der Waals surface area contributed by atoms with Gasteiger partial charge >= 0.3 is 6.09 Å². The lowest BCUT2D eigenvalue weighted by molar-refractivity contribution is -0.144. The molecular formula is C34H49NO4. The fraction of sp³-hybridized carbons (Fsp3) is 0.794. The first kappa shape index (κ1) is 27.3. The van der Waals surface area contributed by atoms with Crippen molar-refractivity contribution in [2.75, 3.05) is 0 Å². The van der Waals surface area contributed by atoms with Crippen LogP contribution < -0.4 is 0 Å². The summed E-state index contributed by atoms with van der Waals surface area (Å²) in [5, 5.41) is 0. The van der Waals surface area contributed by atoms with Gasteiger partial charge in [0.25, 0.3) is 0 Å². The topological polar surface area (TPSA) is 63.7 Å². The second-order valence-electron chi connectivity index (χ2n) is 14.3. The Kier molecular flexibility index (Phi) is 7.11. The van der Waals surface area contributed by atoms with Gasteiger partial charge in [0.2, 0.25) is 0 Å². The number of ketones is 2. The van der Waals surface area contributed by atoms with Crippen LogP contribution in [0.15, 0.2) is 23.8 Å². The number of carbonyl (C=O) groups excluding carboxylic acids is 3. The van der Waals surface area contributed by atoms with Gasteiger partial charge in [0.15, 0.2) is 11.6 Å². The van der Waals surface area contributed by atoms with E-state index in [4.69, 9.17) is 4.74 Å². The van der Waals surface area contributed by atoms with Gasteiger partial charge in [-0.05, 0) is 87.7 Å². The number of Topliss-reactive ketones (excluding diaryl/α,β-unsaturated/α-hetero) is 1. The summed E-state index contributed by atoms with van der Waals surface area (Å²) in [6.07, 6.45) is 22.4. The van der Waals surface area contributed by atoms with Crippen LogP contribution in [0.25, 0.3) is 0 Å². The molecule has 0 radical (unpaired) electrons. The Morgan fingerprint density at radius 1 is 0.897 bits per heavy atom. The van der Waals surface area contributed by atoms with E-state index >= 15 is 0 Å². The highest BCUT2D eigenvalue weighted by atomic mass is 16.6. The predicted molar refractivity (Wildman–Crippen MR) is 152 cm³/mol. The molecule has 6 atom stereocenters. The first-order valence-electron chi connectivity index (χ1n) is 16.2. The Labute approximate surface area is 235 Å². The maximum absolute atomic E-state index is 14.3. The summed E-state index contributed by atoms with van der Waals surface area (Å²) in [6.45, 7) is 6.76. The highest BCUT2D eigenvalue weighted by Gasteiger charge is 2.66. The smallest absolute Gasteiger partial charge is 0.410 e. The second-order valence-corrected chi connectivity index (χ2v) is 14.3. The standard InChI is InChI=1S/C34H49NO4/c1-4-34(39-31(38)35(23-11-7-5-8-12-23)24-13-9-6-10-14-24)20-17-28-26-22-30(37)29-21-25(36)15-18-32(29,2)27(26)16-19-33(28,34)3/h15,18,21,23-24,26-28H,4-14,16-17,19-20,22H2,1-3H3/t26?,27?,28?,32-,33+,34+/m1/s1. The van der Waals surface area contributed by atoms with Crippen LogP contribution in [0.5, 0.6) is 0 Å². The van der Waals surface area contributed by atoms with Crippen molar-refractivity contribution in [2.45, 2.75) is 141 Å². The average Bonchev–Trinajstić information content (AvgIpc) is 3.23. The van der Waals surface area contributed by atoms with E-state index in [9.17, 15) is 14.4 Å². The number of hydrogen-bond acceptors (Lipinski definition) is 4. The Balaban J connectivity index is 1.27. The van der Waals surface area contributed by atoms with Gasteiger partial charge in [-0.3, -0.25) is 9.59 Å². The van der Waals surface area contributed by atoms with E-state index in [0.717, 1.165) is 63.4 Å². The van der Waals surface area contributed by atoms with Crippen LogP contribution in [0.2, 0.25) is 0 Å². The van der Waals surface area contributed by atoms with E-state index in [0.29, 0.717) is 30.3 Å². The zero-order valence-electron chi connectivity index (χ0n) is 24.5. The molecule has 0 aliphatic heterocycles. The molecule has 3 unspecified atom stereocenters. The molecule has 0 saturated heterocycles. The molecule has 5 saturated carbocycles. The molecule has 6 rings (SSSR count). The Morgan fingerprint density at radius 2 is 1.51 bits per heavy atom.